The van der Waals surface area contributed by atoms with Crippen LogP contribution in [0.3, 0.4) is 0 Å². The molecule has 0 aliphatic heterocycles. The highest BCUT2D eigenvalue weighted by atomic mass is 35.5. The molecule has 2 rings (SSSR count). The van der Waals surface area contributed by atoms with E-state index >= 15 is 0 Å². The van der Waals surface area contributed by atoms with Crippen molar-refractivity contribution in [3.63, 3.8) is 0 Å². The van der Waals surface area contributed by atoms with Gasteiger partial charge < -0.3 is 15.8 Å². The average Bonchev–Trinajstić information content (AvgIpc) is 2.69. The number of rotatable bonds is 10. The van der Waals surface area contributed by atoms with Crippen molar-refractivity contribution in [1.29, 1.82) is 0 Å². The van der Waals surface area contributed by atoms with Crippen LogP contribution in [0.15, 0.2) is 36.4 Å². The molecule has 1 atom stereocenters. The SMILES string of the molecule is CCCCNC(Cc1ccc(N)cc1Cl)(CC(C)(C)c1cc(F)ccc1OC)C(F)(F)F. The molecule has 0 saturated carbocycles. The van der Waals surface area contributed by atoms with E-state index in [1.807, 2.05) is 6.92 Å². The van der Waals surface area contributed by atoms with Crippen LogP contribution in [0.25, 0.3) is 0 Å². The second-order valence-corrected chi connectivity index (χ2v) is 9.20. The first kappa shape index (κ1) is 26.3. The van der Waals surface area contributed by atoms with Crippen molar-refractivity contribution in [1.82, 2.24) is 5.32 Å². The Morgan fingerprint density at radius 3 is 2.34 bits per heavy atom. The van der Waals surface area contributed by atoms with Crippen LogP contribution in [-0.2, 0) is 11.8 Å². The van der Waals surface area contributed by atoms with Gasteiger partial charge in [0.05, 0.1) is 7.11 Å². The number of hydrogen-bond acceptors (Lipinski definition) is 3. The maximum absolute atomic E-state index is 14.8. The minimum Gasteiger partial charge on any atom is -0.496 e. The van der Waals surface area contributed by atoms with Crippen LogP contribution < -0.4 is 15.8 Å². The number of alkyl halides is 3. The molecule has 0 bridgehead atoms. The lowest BCUT2D eigenvalue weighted by molar-refractivity contribution is -0.202. The molecule has 0 aliphatic rings. The van der Waals surface area contributed by atoms with E-state index in [2.05, 4.69) is 5.32 Å². The lowest BCUT2D eigenvalue weighted by Crippen LogP contribution is -2.61. The second-order valence-electron chi connectivity index (χ2n) is 8.79. The van der Waals surface area contributed by atoms with Gasteiger partial charge in [0.25, 0.3) is 0 Å². The molecule has 0 fully saturated rings. The third kappa shape index (κ3) is 6.07. The Kier molecular flexibility index (Phi) is 8.45. The molecule has 0 saturated heterocycles. The number of hydrogen-bond donors (Lipinski definition) is 2. The van der Waals surface area contributed by atoms with Crippen LogP contribution in [0.1, 0.15) is 51.2 Å². The molecule has 32 heavy (non-hydrogen) atoms. The molecule has 2 aromatic carbocycles. The third-order valence-electron chi connectivity index (χ3n) is 5.74. The predicted octanol–water partition coefficient (Wildman–Crippen LogP) is 6.67. The molecule has 0 spiro atoms. The second kappa shape index (κ2) is 10.3. The molecule has 8 heteroatoms. The topological polar surface area (TPSA) is 47.3 Å². The molecule has 3 nitrogen and oxygen atoms in total. The molecule has 0 radical (unpaired) electrons. The predicted molar refractivity (Wildman–Crippen MR) is 122 cm³/mol. The summed E-state index contributed by atoms with van der Waals surface area (Å²) in [6.07, 6.45) is -4.03. The number of nitrogens with one attached hydrogen (secondary N) is 1. The molecule has 178 valence electrons. The molecular formula is C24H31ClF4N2O. The van der Waals surface area contributed by atoms with Gasteiger partial charge in [0.1, 0.15) is 17.1 Å². The molecule has 3 N–H and O–H groups in total. The van der Waals surface area contributed by atoms with Crippen LogP contribution in [-0.4, -0.2) is 25.4 Å². The zero-order chi connectivity index (χ0) is 24.2. The number of halogens is 5. The minimum atomic E-state index is -4.61. The summed E-state index contributed by atoms with van der Waals surface area (Å²) in [6.45, 7) is 5.42. The normalized spacial score (nSPS) is 14.3. The summed E-state index contributed by atoms with van der Waals surface area (Å²) in [6, 6.07) is 8.41. The average molecular weight is 475 g/mol. The molecule has 0 amide bonds. The van der Waals surface area contributed by atoms with Crippen molar-refractivity contribution in [3.05, 3.63) is 58.4 Å². The number of methoxy groups -OCH3 is 1. The first-order valence-electron chi connectivity index (χ1n) is 10.5. The van der Waals surface area contributed by atoms with Gasteiger partial charge in [-0.2, -0.15) is 13.2 Å². The van der Waals surface area contributed by atoms with Gasteiger partial charge in [0, 0.05) is 22.7 Å². The standard InChI is InChI=1S/C24H31ClF4N2O/c1-5-6-11-31-23(24(27,28)29,14-16-7-9-18(30)13-20(16)25)15-22(2,3)19-12-17(26)8-10-21(19)32-4/h7-10,12-13,31H,5-6,11,14-15,30H2,1-4H3. The third-order valence-corrected chi connectivity index (χ3v) is 6.09. The van der Waals surface area contributed by atoms with E-state index < -0.39 is 22.9 Å². The zero-order valence-corrected chi connectivity index (χ0v) is 19.6. The van der Waals surface area contributed by atoms with Gasteiger partial charge in [-0.1, -0.05) is 44.9 Å². The number of nitrogens with two attached hydrogens (primary N) is 1. The van der Waals surface area contributed by atoms with Crippen LogP contribution in [0.4, 0.5) is 23.2 Å². The summed E-state index contributed by atoms with van der Waals surface area (Å²) < 4.78 is 63.7. The molecule has 0 aliphatic carbocycles. The monoisotopic (exact) mass is 474 g/mol. The number of unbranched alkanes of at least 4 members (excludes halogenated alkanes) is 1. The summed E-state index contributed by atoms with van der Waals surface area (Å²) >= 11 is 6.26. The van der Waals surface area contributed by atoms with Gasteiger partial charge in [-0.25, -0.2) is 4.39 Å². The maximum Gasteiger partial charge on any atom is 0.406 e. The molecule has 2 aromatic rings. The van der Waals surface area contributed by atoms with Crippen LogP contribution in [0, 0.1) is 5.82 Å². The van der Waals surface area contributed by atoms with Gasteiger partial charge in [-0.05, 0) is 60.7 Å². The highest BCUT2D eigenvalue weighted by Crippen LogP contribution is 2.46. The van der Waals surface area contributed by atoms with Crippen molar-refractivity contribution >= 4 is 17.3 Å². The highest BCUT2D eigenvalue weighted by molar-refractivity contribution is 6.31. The fourth-order valence-corrected chi connectivity index (χ4v) is 4.34. The number of nitrogen functional groups attached to an aromatic ring is 1. The summed E-state index contributed by atoms with van der Waals surface area (Å²) in [5, 5.41) is 2.97. The van der Waals surface area contributed by atoms with Gasteiger partial charge in [0.15, 0.2) is 0 Å². The van der Waals surface area contributed by atoms with Gasteiger partial charge >= 0.3 is 6.18 Å². The van der Waals surface area contributed by atoms with Gasteiger partial charge in [-0.3, -0.25) is 0 Å². The van der Waals surface area contributed by atoms with E-state index in [1.54, 1.807) is 13.8 Å². The Hall–Kier alpha value is -1.99. The van der Waals surface area contributed by atoms with Crippen molar-refractivity contribution in [2.24, 2.45) is 0 Å². The molecular weight excluding hydrogens is 444 g/mol. The van der Waals surface area contributed by atoms with Crippen molar-refractivity contribution in [2.45, 2.75) is 63.6 Å². The van der Waals surface area contributed by atoms with Gasteiger partial charge in [-0.15, -0.1) is 0 Å². The van der Waals surface area contributed by atoms with E-state index in [-0.39, 0.29) is 24.4 Å². The summed E-state index contributed by atoms with van der Waals surface area (Å²) in [5.74, 6) is -0.196. The molecule has 0 heterocycles. The molecule has 0 aromatic heterocycles. The summed E-state index contributed by atoms with van der Waals surface area (Å²) in [4.78, 5) is 0. The number of ether oxygens (including phenoxy) is 1. The summed E-state index contributed by atoms with van der Waals surface area (Å²) in [5.41, 5.74) is 3.43. The lowest BCUT2D eigenvalue weighted by atomic mass is 9.71. The fourth-order valence-electron chi connectivity index (χ4n) is 4.08. The van der Waals surface area contributed by atoms with Gasteiger partial charge in [0.2, 0.25) is 0 Å². The first-order valence-corrected chi connectivity index (χ1v) is 10.9. The Labute approximate surface area is 192 Å². The van der Waals surface area contributed by atoms with Crippen LogP contribution >= 0.6 is 11.6 Å². The zero-order valence-electron chi connectivity index (χ0n) is 18.9. The summed E-state index contributed by atoms with van der Waals surface area (Å²) in [7, 11) is 1.41. The molecule has 1 unspecified atom stereocenters. The van der Waals surface area contributed by atoms with E-state index in [4.69, 9.17) is 22.1 Å². The number of anilines is 1. The fraction of sp³-hybridized carbons (Fsp3) is 0.500. The van der Waals surface area contributed by atoms with Crippen LogP contribution in [0.5, 0.6) is 5.75 Å². The van der Waals surface area contributed by atoms with Crippen LogP contribution in [0.2, 0.25) is 5.02 Å². The van der Waals surface area contributed by atoms with E-state index in [0.29, 0.717) is 29.0 Å². The number of benzene rings is 2. The first-order chi connectivity index (χ1) is 14.8. The van der Waals surface area contributed by atoms with E-state index in [9.17, 15) is 17.6 Å². The minimum absolute atomic E-state index is 0.178. The Morgan fingerprint density at radius 1 is 1.09 bits per heavy atom. The van der Waals surface area contributed by atoms with E-state index in [0.717, 1.165) is 6.42 Å². The smallest absolute Gasteiger partial charge is 0.406 e. The largest absolute Gasteiger partial charge is 0.496 e. The van der Waals surface area contributed by atoms with E-state index in [1.165, 1.54) is 43.5 Å². The highest BCUT2D eigenvalue weighted by Gasteiger charge is 2.56. The lowest BCUT2D eigenvalue weighted by Gasteiger charge is -2.43. The Bertz CT molecular complexity index is 917. The quantitative estimate of drug-likeness (QED) is 0.229. The van der Waals surface area contributed by atoms with Crippen molar-refractivity contribution < 1.29 is 22.3 Å². The Balaban J connectivity index is 2.59. The van der Waals surface area contributed by atoms with Crippen molar-refractivity contribution in [3.8, 4) is 5.75 Å². The Morgan fingerprint density at radius 2 is 1.78 bits per heavy atom. The van der Waals surface area contributed by atoms with Crippen molar-refractivity contribution in [2.75, 3.05) is 19.4 Å². The maximum atomic E-state index is 14.8.